The summed E-state index contributed by atoms with van der Waals surface area (Å²) in [4.78, 5) is 12.2. The first-order valence-corrected chi connectivity index (χ1v) is 10.0. The number of aryl methyl sites for hydroxylation is 1. The summed E-state index contributed by atoms with van der Waals surface area (Å²) in [7, 11) is 0. The maximum absolute atomic E-state index is 12.2. The lowest BCUT2D eigenvalue weighted by atomic mass is 10.1. The van der Waals surface area contributed by atoms with E-state index in [2.05, 4.69) is 16.7 Å². The van der Waals surface area contributed by atoms with Crippen LogP contribution in [0.3, 0.4) is 0 Å². The Bertz CT molecular complexity index is 719. The number of anilines is 1. The van der Waals surface area contributed by atoms with Crippen LogP contribution in [0.5, 0.6) is 5.75 Å². The van der Waals surface area contributed by atoms with Crippen LogP contribution in [-0.4, -0.2) is 18.6 Å². The molecule has 0 atom stereocenters. The fraction of sp³-hybridized carbons (Fsp3) is 0.435. The van der Waals surface area contributed by atoms with E-state index < -0.39 is 0 Å². The molecule has 0 aromatic heterocycles. The highest BCUT2D eigenvalue weighted by atomic mass is 16.5. The molecule has 0 unspecified atom stereocenters. The average Bonchev–Trinajstić information content (AvgIpc) is 2.96. The Labute approximate surface area is 162 Å². The molecule has 0 bridgehead atoms. The van der Waals surface area contributed by atoms with E-state index in [1.54, 1.807) is 0 Å². The summed E-state index contributed by atoms with van der Waals surface area (Å²) in [5.41, 5.74) is 3.06. The van der Waals surface area contributed by atoms with Crippen molar-refractivity contribution in [2.45, 2.75) is 58.0 Å². The summed E-state index contributed by atoms with van der Waals surface area (Å²) >= 11 is 0. The zero-order valence-electron chi connectivity index (χ0n) is 16.2. The highest BCUT2D eigenvalue weighted by Crippen LogP contribution is 2.21. The number of hydrogen-bond acceptors (Lipinski definition) is 3. The van der Waals surface area contributed by atoms with Crippen molar-refractivity contribution in [3.05, 3.63) is 59.7 Å². The molecule has 0 aliphatic heterocycles. The summed E-state index contributed by atoms with van der Waals surface area (Å²) in [5, 5.41) is 6.54. The molecule has 0 spiro atoms. The van der Waals surface area contributed by atoms with Gasteiger partial charge in [0.15, 0.2) is 6.61 Å². The molecule has 1 aliphatic carbocycles. The Morgan fingerprint density at radius 3 is 2.44 bits per heavy atom. The van der Waals surface area contributed by atoms with Crippen LogP contribution in [0, 0.1) is 6.92 Å². The number of benzene rings is 2. The van der Waals surface area contributed by atoms with E-state index in [0.29, 0.717) is 6.04 Å². The first-order valence-electron chi connectivity index (χ1n) is 10.0. The van der Waals surface area contributed by atoms with Crippen molar-refractivity contribution in [1.82, 2.24) is 5.32 Å². The minimum absolute atomic E-state index is 0.00825. The van der Waals surface area contributed by atoms with Gasteiger partial charge < -0.3 is 15.4 Å². The van der Waals surface area contributed by atoms with Gasteiger partial charge in [0.05, 0.1) is 0 Å². The van der Waals surface area contributed by atoms with Crippen molar-refractivity contribution in [3.8, 4) is 5.75 Å². The van der Waals surface area contributed by atoms with Crippen LogP contribution in [0.2, 0.25) is 0 Å². The molecule has 0 radical (unpaired) electrons. The Morgan fingerprint density at radius 1 is 1.00 bits per heavy atom. The number of rotatable bonds is 7. The van der Waals surface area contributed by atoms with Gasteiger partial charge >= 0.3 is 0 Å². The van der Waals surface area contributed by atoms with Gasteiger partial charge in [0, 0.05) is 23.8 Å². The summed E-state index contributed by atoms with van der Waals surface area (Å²) in [6.07, 6.45) is 7.84. The molecular formula is C23H30N2O2. The molecule has 4 heteroatoms. The van der Waals surface area contributed by atoms with Gasteiger partial charge in [-0.05, 0) is 38.0 Å². The quantitative estimate of drug-likeness (QED) is 0.691. The topological polar surface area (TPSA) is 50.4 Å². The molecule has 2 aromatic carbocycles. The molecule has 1 saturated carbocycles. The second-order valence-corrected chi connectivity index (χ2v) is 7.38. The molecule has 27 heavy (non-hydrogen) atoms. The molecule has 4 nitrogen and oxygen atoms in total. The first-order chi connectivity index (χ1) is 13.2. The van der Waals surface area contributed by atoms with Gasteiger partial charge in [-0.2, -0.15) is 0 Å². The van der Waals surface area contributed by atoms with E-state index in [-0.39, 0.29) is 12.5 Å². The standard InChI is InChI=1S/C23H30N2O2/c1-18-12-14-21(15-13-18)25-23(26)17-27-22-11-7-6-8-19(22)16-24-20-9-4-2-3-5-10-20/h6-8,11-15,20,24H,2-5,9-10,16-17H2,1H3,(H,25,26). The minimum Gasteiger partial charge on any atom is -0.483 e. The van der Waals surface area contributed by atoms with Crippen LogP contribution in [0.4, 0.5) is 5.69 Å². The smallest absolute Gasteiger partial charge is 0.262 e. The van der Waals surface area contributed by atoms with Crippen LogP contribution < -0.4 is 15.4 Å². The minimum atomic E-state index is -0.148. The number of hydrogen-bond donors (Lipinski definition) is 2. The second kappa shape index (κ2) is 10.1. The van der Waals surface area contributed by atoms with Crippen LogP contribution in [-0.2, 0) is 11.3 Å². The fourth-order valence-electron chi connectivity index (χ4n) is 3.51. The van der Waals surface area contributed by atoms with Gasteiger partial charge in [-0.15, -0.1) is 0 Å². The summed E-state index contributed by atoms with van der Waals surface area (Å²) in [6.45, 7) is 2.81. The lowest BCUT2D eigenvalue weighted by Gasteiger charge is -2.18. The maximum Gasteiger partial charge on any atom is 0.262 e. The highest BCUT2D eigenvalue weighted by Gasteiger charge is 2.13. The highest BCUT2D eigenvalue weighted by molar-refractivity contribution is 5.91. The molecule has 2 aromatic rings. The van der Waals surface area contributed by atoms with E-state index in [0.717, 1.165) is 23.5 Å². The molecule has 0 saturated heterocycles. The van der Waals surface area contributed by atoms with Gasteiger partial charge in [-0.3, -0.25) is 4.79 Å². The molecular weight excluding hydrogens is 336 g/mol. The lowest BCUT2D eigenvalue weighted by molar-refractivity contribution is -0.118. The predicted octanol–water partition coefficient (Wildman–Crippen LogP) is 4.82. The molecule has 1 aliphatic rings. The van der Waals surface area contributed by atoms with Crippen LogP contribution >= 0.6 is 0 Å². The monoisotopic (exact) mass is 366 g/mol. The van der Waals surface area contributed by atoms with Gasteiger partial charge in [-0.1, -0.05) is 61.6 Å². The third-order valence-corrected chi connectivity index (χ3v) is 5.10. The molecule has 2 N–H and O–H groups in total. The van der Waals surface area contributed by atoms with Gasteiger partial charge in [0.2, 0.25) is 0 Å². The van der Waals surface area contributed by atoms with Crippen LogP contribution in [0.25, 0.3) is 0 Å². The zero-order chi connectivity index (χ0) is 18.9. The summed E-state index contributed by atoms with van der Waals surface area (Å²) in [5.74, 6) is 0.628. The Morgan fingerprint density at radius 2 is 1.70 bits per heavy atom. The maximum atomic E-state index is 12.2. The molecule has 1 fully saturated rings. The van der Waals surface area contributed by atoms with E-state index in [1.807, 2.05) is 49.4 Å². The molecule has 1 amide bonds. The molecule has 3 rings (SSSR count). The summed E-state index contributed by atoms with van der Waals surface area (Å²) in [6, 6.07) is 16.3. The summed E-state index contributed by atoms with van der Waals surface area (Å²) < 4.78 is 5.81. The van der Waals surface area contributed by atoms with Crippen molar-refractivity contribution in [2.75, 3.05) is 11.9 Å². The average molecular weight is 367 g/mol. The SMILES string of the molecule is Cc1ccc(NC(=O)COc2ccccc2CNC2CCCCCC2)cc1. The number of carbonyl (C=O) groups is 1. The fourth-order valence-corrected chi connectivity index (χ4v) is 3.51. The second-order valence-electron chi connectivity index (χ2n) is 7.38. The number of carbonyl (C=O) groups excluding carboxylic acids is 1. The largest absolute Gasteiger partial charge is 0.483 e. The lowest BCUT2D eigenvalue weighted by Crippen LogP contribution is -2.28. The van der Waals surface area contributed by atoms with Gasteiger partial charge in [0.1, 0.15) is 5.75 Å². The van der Waals surface area contributed by atoms with Crippen LogP contribution in [0.15, 0.2) is 48.5 Å². The third-order valence-electron chi connectivity index (χ3n) is 5.10. The molecule has 0 heterocycles. The predicted molar refractivity (Wildman–Crippen MR) is 110 cm³/mol. The van der Waals surface area contributed by atoms with Crippen molar-refractivity contribution in [2.24, 2.45) is 0 Å². The third kappa shape index (κ3) is 6.40. The van der Waals surface area contributed by atoms with Crippen molar-refractivity contribution < 1.29 is 9.53 Å². The van der Waals surface area contributed by atoms with Crippen molar-refractivity contribution >= 4 is 11.6 Å². The molecule has 144 valence electrons. The normalized spacial score (nSPS) is 15.1. The number of amides is 1. The van der Waals surface area contributed by atoms with E-state index in [1.165, 1.54) is 44.1 Å². The number of nitrogens with one attached hydrogen (secondary N) is 2. The van der Waals surface area contributed by atoms with Crippen LogP contribution in [0.1, 0.15) is 49.7 Å². The Balaban J connectivity index is 1.50. The van der Waals surface area contributed by atoms with E-state index in [9.17, 15) is 4.79 Å². The van der Waals surface area contributed by atoms with Crippen molar-refractivity contribution in [3.63, 3.8) is 0 Å². The Hall–Kier alpha value is -2.33. The van der Waals surface area contributed by atoms with E-state index in [4.69, 9.17) is 4.74 Å². The number of para-hydroxylation sites is 1. The van der Waals surface area contributed by atoms with Gasteiger partial charge in [0.25, 0.3) is 5.91 Å². The zero-order valence-corrected chi connectivity index (χ0v) is 16.2. The first kappa shape index (κ1) is 19.4. The van der Waals surface area contributed by atoms with E-state index >= 15 is 0 Å². The van der Waals surface area contributed by atoms with Crippen molar-refractivity contribution in [1.29, 1.82) is 0 Å². The number of ether oxygens (including phenoxy) is 1. The Kier molecular flexibility index (Phi) is 7.28. The van der Waals surface area contributed by atoms with Gasteiger partial charge in [-0.25, -0.2) is 0 Å².